The maximum atomic E-state index is 5.62. The van der Waals surface area contributed by atoms with Gasteiger partial charge < -0.3 is 9.57 Å². The molecular formula is C14H16ClNO2. The second-order valence-corrected chi connectivity index (χ2v) is 4.30. The lowest BCUT2D eigenvalue weighted by Gasteiger charge is -2.16. The fourth-order valence-corrected chi connectivity index (χ4v) is 1.70. The van der Waals surface area contributed by atoms with Crippen LogP contribution in [-0.4, -0.2) is 23.6 Å². The van der Waals surface area contributed by atoms with Crippen LogP contribution in [0.4, 0.5) is 0 Å². The Morgan fingerprint density at radius 2 is 2.28 bits per heavy atom. The van der Waals surface area contributed by atoms with Crippen LogP contribution in [0.25, 0.3) is 6.08 Å². The van der Waals surface area contributed by atoms with E-state index in [1.54, 1.807) is 11.3 Å². The zero-order chi connectivity index (χ0) is 12.8. The molecule has 1 atom stereocenters. The Hall–Kier alpha value is -1.61. The number of hydrogen-bond donors (Lipinski definition) is 0. The average Bonchev–Trinajstić information content (AvgIpc) is 2.80. The van der Waals surface area contributed by atoms with Crippen LogP contribution >= 0.6 is 11.6 Å². The van der Waals surface area contributed by atoms with Crippen LogP contribution in [0.1, 0.15) is 12.5 Å². The molecule has 1 aromatic carbocycles. The quantitative estimate of drug-likeness (QED) is 0.762. The Labute approximate surface area is 112 Å². The van der Waals surface area contributed by atoms with Gasteiger partial charge >= 0.3 is 0 Å². The van der Waals surface area contributed by atoms with Gasteiger partial charge in [-0.25, -0.2) is 5.06 Å². The van der Waals surface area contributed by atoms with E-state index in [0.717, 1.165) is 11.3 Å². The molecule has 1 heterocycles. The van der Waals surface area contributed by atoms with Gasteiger partial charge in [0.05, 0.1) is 11.9 Å². The zero-order valence-electron chi connectivity index (χ0n) is 10.3. The molecule has 0 N–H and O–H groups in total. The summed E-state index contributed by atoms with van der Waals surface area (Å²) in [4.78, 5) is 5.31. The normalized spacial score (nSPS) is 18.3. The third-order valence-electron chi connectivity index (χ3n) is 2.60. The molecule has 0 amide bonds. The van der Waals surface area contributed by atoms with Gasteiger partial charge in [-0.05, 0) is 25.1 Å². The molecule has 96 valence electrons. The number of ether oxygens (including phenoxy) is 1. The molecule has 0 spiro atoms. The lowest BCUT2D eigenvalue weighted by Crippen LogP contribution is -2.19. The highest BCUT2D eigenvalue weighted by Crippen LogP contribution is 2.21. The monoisotopic (exact) mass is 265 g/mol. The molecule has 0 radical (unpaired) electrons. The van der Waals surface area contributed by atoms with E-state index in [1.807, 2.05) is 42.6 Å². The summed E-state index contributed by atoms with van der Waals surface area (Å²) in [7, 11) is 0. The number of alkyl halides is 1. The minimum Gasteiger partial charge on any atom is -0.492 e. The van der Waals surface area contributed by atoms with Gasteiger partial charge in [-0.2, -0.15) is 0 Å². The highest BCUT2D eigenvalue weighted by Gasteiger charge is 2.12. The first-order valence-electron chi connectivity index (χ1n) is 5.89. The Morgan fingerprint density at radius 3 is 3.00 bits per heavy atom. The third kappa shape index (κ3) is 3.20. The first-order chi connectivity index (χ1) is 8.81. The lowest BCUT2D eigenvalue weighted by molar-refractivity contribution is -0.0502. The number of rotatable bonds is 5. The predicted molar refractivity (Wildman–Crippen MR) is 73.2 cm³/mol. The van der Waals surface area contributed by atoms with Crippen LogP contribution in [-0.2, 0) is 4.84 Å². The first-order valence-corrected chi connectivity index (χ1v) is 6.42. The van der Waals surface area contributed by atoms with Crippen molar-refractivity contribution in [3.05, 3.63) is 48.4 Å². The van der Waals surface area contributed by atoms with Gasteiger partial charge in [0.15, 0.2) is 0 Å². The minimum absolute atomic E-state index is 0.247. The van der Waals surface area contributed by atoms with E-state index in [-0.39, 0.29) is 6.04 Å². The summed E-state index contributed by atoms with van der Waals surface area (Å²) in [6.07, 6.45) is 7.53. The van der Waals surface area contributed by atoms with Gasteiger partial charge in [0.1, 0.15) is 18.6 Å². The van der Waals surface area contributed by atoms with Gasteiger partial charge in [0.25, 0.3) is 0 Å². The number of halogens is 1. The Kier molecular flexibility index (Phi) is 4.53. The largest absolute Gasteiger partial charge is 0.492 e. The average molecular weight is 266 g/mol. The van der Waals surface area contributed by atoms with E-state index in [2.05, 4.69) is 6.92 Å². The standard InChI is InChI=1S/C14H16ClNO2/c1-12-7-10-18-16(12)9-6-13-4-2-3-5-14(13)17-11-8-15/h2-7,9-10,12H,8,11H2,1H3/b9-6+. The highest BCUT2D eigenvalue weighted by atomic mass is 35.5. The lowest BCUT2D eigenvalue weighted by atomic mass is 10.2. The van der Waals surface area contributed by atoms with Crippen LogP contribution in [0.3, 0.4) is 0 Å². The molecule has 0 aromatic heterocycles. The van der Waals surface area contributed by atoms with E-state index in [4.69, 9.17) is 21.2 Å². The Bertz CT molecular complexity index is 445. The molecule has 0 aliphatic carbocycles. The summed E-state index contributed by atoms with van der Waals surface area (Å²) >= 11 is 5.62. The van der Waals surface area contributed by atoms with E-state index in [1.165, 1.54) is 0 Å². The summed E-state index contributed by atoms with van der Waals surface area (Å²) in [6.45, 7) is 2.56. The van der Waals surface area contributed by atoms with Gasteiger partial charge in [-0.1, -0.05) is 18.2 Å². The molecule has 1 aliphatic rings. The van der Waals surface area contributed by atoms with Crippen molar-refractivity contribution in [1.82, 2.24) is 5.06 Å². The Balaban J connectivity index is 2.06. The van der Waals surface area contributed by atoms with Gasteiger partial charge in [-0.15, -0.1) is 11.6 Å². The molecule has 1 unspecified atom stereocenters. The second kappa shape index (κ2) is 6.36. The summed E-state index contributed by atoms with van der Waals surface area (Å²) in [6, 6.07) is 8.08. The highest BCUT2D eigenvalue weighted by molar-refractivity contribution is 6.18. The summed E-state index contributed by atoms with van der Waals surface area (Å²) < 4.78 is 5.57. The van der Waals surface area contributed by atoms with Crippen LogP contribution in [0.2, 0.25) is 0 Å². The molecule has 1 aliphatic heterocycles. The third-order valence-corrected chi connectivity index (χ3v) is 2.75. The van der Waals surface area contributed by atoms with Gasteiger partial charge in [0, 0.05) is 11.8 Å². The van der Waals surface area contributed by atoms with Crippen molar-refractivity contribution in [1.29, 1.82) is 0 Å². The molecule has 0 bridgehead atoms. The number of para-hydroxylation sites is 1. The van der Waals surface area contributed by atoms with Crippen molar-refractivity contribution in [2.75, 3.05) is 12.5 Å². The molecule has 1 aromatic rings. The Morgan fingerprint density at radius 1 is 1.44 bits per heavy atom. The minimum atomic E-state index is 0.247. The van der Waals surface area contributed by atoms with E-state index in [0.29, 0.717) is 12.5 Å². The number of benzene rings is 1. The van der Waals surface area contributed by atoms with Crippen molar-refractivity contribution in [2.45, 2.75) is 13.0 Å². The second-order valence-electron chi connectivity index (χ2n) is 3.93. The summed E-state index contributed by atoms with van der Waals surface area (Å²) in [5, 5.41) is 1.78. The van der Waals surface area contributed by atoms with Crippen LogP contribution < -0.4 is 4.74 Å². The van der Waals surface area contributed by atoms with Crippen LogP contribution in [0, 0.1) is 0 Å². The molecule has 4 heteroatoms. The van der Waals surface area contributed by atoms with Crippen molar-refractivity contribution < 1.29 is 9.57 Å². The molecule has 18 heavy (non-hydrogen) atoms. The first kappa shape index (κ1) is 12.8. The zero-order valence-corrected chi connectivity index (χ0v) is 11.0. The van der Waals surface area contributed by atoms with Gasteiger partial charge in [-0.3, -0.25) is 0 Å². The molecule has 3 nitrogen and oxygen atoms in total. The molecule has 0 saturated heterocycles. The molecule has 2 rings (SSSR count). The number of hydroxylamine groups is 2. The summed E-state index contributed by atoms with van der Waals surface area (Å²) in [5.41, 5.74) is 1.00. The fraction of sp³-hybridized carbons (Fsp3) is 0.286. The van der Waals surface area contributed by atoms with Crippen LogP contribution in [0.5, 0.6) is 5.75 Å². The topological polar surface area (TPSA) is 21.7 Å². The SMILES string of the molecule is CC1C=CON1/C=C/c1ccccc1OCCCl. The smallest absolute Gasteiger partial charge is 0.126 e. The number of hydrogen-bond acceptors (Lipinski definition) is 3. The van der Waals surface area contributed by atoms with Crippen molar-refractivity contribution in [3.8, 4) is 5.75 Å². The van der Waals surface area contributed by atoms with Crippen molar-refractivity contribution in [2.24, 2.45) is 0 Å². The molecule has 0 fully saturated rings. The van der Waals surface area contributed by atoms with E-state index < -0.39 is 0 Å². The van der Waals surface area contributed by atoms with Crippen molar-refractivity contribution in [3.63, 3.8) is 0 Å². The van der Waals surface area contributed by atoms with E-state index in [9.17, 15) is 0 Å². The van der Waals surface area contributed by atoms with Crippen molar-refractivity contribution >= 4 is 17.7 Å². The number of nitrogens with zero attached hydrogens (tertiary/aromatic N) is 1. The molecular weight excluding hydrogens is 250 g/mol. The van der Waals surface area contributed by atoms with E-state index >= 15 is 0 Å². The van der Waals surface area contributed by atoms with Crippen LogP contribution in [0.15, 0.2) is 42.8 Å². The predicted octanol–water partition coefficient (Wildman–Crippen LogP) is 3.42. The maximum absolute atomic E-state index is 5.62. The fourth-order valence-electron chi connectivity index (χ4n) is 1.62. The maximum Gasteiger partial charge on any atom is 0.126 e. The summed E-state index contributed by atoms with van der Waals surface area (Å²) in [5.74, 6) is 1.31. The molecule has 0 saturated carbocycles. The van der Waals surface area contributed by atoms with Gasteiger partial charge in [0.2, 0.25) is 0 Å².